The number of nitrogens with one attached hydrogen (secondary N) is 1. The maximum atomic E-state index is 13.1. The Hall–Kier alpha value is -3.37. The number of nitrogens with zero attached hydrogens (tertiary/aromatic N) is 1. The fraction of sp³-hybridized carbons (Fsp3) is 0.115. The van der Waals surface area contributed by atoms with Crippen molar-refractivity contribution >= 4 is 63.8 Å². The Morgan fingerprint density at radius 2 is 1.80 bits per heavy atom. The molecule has 1 aliphatic rings. The number of halogens is 2. The average molecular weight is 603 g/mol. The fourth-order valence-electron chi connectivity index (χ4n) is 3.48. The Bertz CT molecular complexity index is 1350. The lowest BCUT2D eigenvalue weighted by molar-refractivity contribution is -0.122. The molecule has 0 radical (unpaired) electrons. The van der Waals surface area contributed by atoms with Gasteiger partial charge in [-0.2, -0.15) is 0 Å². The average Bonchev–Trinajstić information content (AvgIpc) is 2.82. The molecule has 0 atom stereocenters. The van der Waals surface area contributed by atoms with E-state index < -0.39 is 17.8 Å². The van der Waals surface area contributed by atoms with Crippen molar-refractivity contribution in [2.45, 2.75) is 13.5 Å². The summed E-state index contributed by atoms with van der Waals surface area (Å²) in [5.74, 6) is -0.546. The van der Waals surface area contributed by atoms with Gasteiger partial charge in [0.2, 0.25) is 0 Å². The highest BCUT2D eigenvalue weighted by molar-refractivity contribution is 14.1. The Kier molecular flexibility index (Phi) is 7.42. The molecule has 0 saturated carbocycles. The van der Waals surface area contributed by atoms with Crippen LogP contribution >= 0.6 is 34.2 Å². The second kappa shape index (κ2) is 10.5. The van der Waals surface area contributed by atoms with Crippen molar-refractivity contribution in [3.8, 4) is 11.5 Å². The molecule has 0 aliphatic carbocycles. The van der Waals surface area contributed by atoms with Gasteiger partial charge in [-0.3, -0.25) is 14.9 Å². The molecule has 1 heterocycles. The van der Waals surface area contributed by atoms with Gasteiger partial charge in [0.15, 0.2) is 11.5 Å². The van der Waals surface area contributed by atoms with Gasteiger partial charge in [0.05, 0.1) is 16.4 Å². The molecule has 0 aromatic heterocycles. The number of ether oxygens (including phenoxy) is 2. The van der Waals surface area contributed by atoms with Gasteiger partial charge < -0.3 is 9.47 Å². The number of carbonyl (C=O) groups is 3. The largest absolute Gasteiger partial charge is 0.493 e. The van der Waals surface area contributed by atoms with E-state index in [1.165, 1.54) is 19.3 Å². The zero-order valence-corrected chi connectivity index (χ0v) is 21.7. The van der Waals surface area contributed by atoms with E-state index in [1.54, 1.807) is 30.3 Å². The summed E-state index contributed by atoms with van der Waals surface area (Å²) < 4.78 is 12.3. The van der Waals surface area contributed by atoms with Crippen LogP contribution in [0.25, 0.3) is 6.08 Å². The van der Waals surface area contributed by atoms with E-state index in [1.807, 2.05) is 31.2 Å². The summed E-state index contributed by atoms with van der Waals surface area (Å²) in [5, 5.41) is 2.56. The quantitative estimate of drug-likeness (QED) is 0.229. The summed E-state index contributed by atoms with van der Waals surface area (Å²) >= 11 is 8.12. The van der Waals surface area contributed by atoms with Gasteiger partial charge in [-0.1, -0.05) is 47.5 Å². The number of methoxy groups -OCH3 is 1. The molecule has 4 rings (SSSR count). The summed E-state index contributed by atoms with van der Waals surface area (Å²) in [7, 11) is 1.51. The van der Waals surface area contributed by atoms with Crippen molar-refractivity contribution < 1.29 is 23.9 Å². The fourth-order valence-corrected chi connectivity index (χ4v) is 4.44. The van der Waals surface area contributed by atoms with Gasteiger partial charge in [0.1, 0.15) is 12.2 Å². The Labute approximate surface area is 220 Å². The molecule has 1 aliphatic heterocycles. The molecule has 0 bridgehead atoms. The van der Waals surface area contributed by atoms with Gasteiger partial charge in [0.25, 0.3) is 11.8 Å². The molecule has 4 amide bonds. The van der Waals surface area contributed by atoms with Crippen LogP contribution in [0.2, 0.25) is 5.02 Å². The first-order valence-corrected chi connectivity index (χ1v) is 12.0. The van der Waals surface area contributed by atoms with Crippen LogP contribution in [0.15, 0.2) is 66.2 Å². The van der Waals surface area contributed by atoms with Crippen LogP contribution in [0.4, 0.5) is 10.5 Å². The van der Waals surface area contributed by atoms with Gasteiger partial charge in [-0.05, 0) is 77.0 Å². The van der Waals surface area contributed by atoms with Crippen molar-refractivity contribution in [3.05, 3.63) is 91.5 Å². The number of imide groups is 2. The van der Waals surface area contributed by atoms with Crippen LogP contribution < -0.4 is 19.7 Å². The number of hydrogen-bond donors (Lipinski definition) is 1. The van der Waals surface area contributed by atoms with Crippen LogP contribution in [0.5, 0.6) is 11.5 Å². The van der Waals surface area contributed by atoms with Gasteiger partial charge in [-0.15, -0.1) is 0 Å². The predicted octanol–water partition coefficient (Wildman–Crippen LogP) is 5.51. The van der Waals surface area contributed by atoms with E-state index in [4.69, 9.17) is 21.1 Å². The molecule has 1 saturated heterocycles. The number of rotatable bonds is 6. The minimum atomic E-state index is -0.841. The minimum absolute atomic E-state index is 0.198. The lowest BCUT2D eigenvalue weighted by Gasteiger charge is -2.26. The highest BCUT2D eigenvalue weighted by Crippen LogP contribution is 2.35. The van der Waals surface area contributed by atoms with Crippen molar-refractivity contribution in [3.63, 3.8) is 0 Å². The molecule has 3 aromatic carbocycles. The SMILES string of the molecule is COc1cc(/C=C2\C(=O)NC(=O)N(c3cccc(Cl)c3)C2=O)cc(I)c1OCc1ccc(C)cc1. The summed E-state index contributed by atoms with van der Waals surface area (Å²) in [5.41, 5.74) is 2.76. The molecule has 0 unspecified atom stereocenters. The number of amides is 4. The summed E-state index contributed by atoms with van der Waals surface area (Å²) in [6.07, 6.45) is 1.41. The van der Waals surface area contributed by atoms with Gasteiger partial charge in [-0.25, -0.2) is 9.69 Å². The number of benzene rings is 3. The van der Waals surface area contributed by atoms with Gasteiger partial charge >= 0.3 is 6.03 Å². The van der Waals surface area contributed by atoms with Crippen LogP contribution in [0.1, 0.15) is 16.7 Å². The van der Waals surface area contributed by atoms with Gasteiger partial charge in [0, 0.05) is 5.02 Å². The molecular formula is C26H20ClIN2O5. The highest BCUT2D eigenvalue weighted by Gasteiger charge is 2.37. The number of anilines is 1. The number of aryl methyl sites for hydroxylation is 1. The molecule has 1 N–H and O–H groups in total. The maximum Gasteiger partial charge on any atom is 0.335 e. The van der Waals surface area contributed by atoms with Crippen LogP contribution in [-0.4, -0.2) is 25.0 Å². The lowest BCUT2D eigenvalue weighted by Crippen LogP contribution is -2.54. The van der Waals surface area contributed by atoms with Crippen molar-refractivity contribution in [2.75, 3.05) is 12.0 Å². The third kappa shape index (κ3) is 5.49. The first-order valence-electron chi connectivity index (χ1n) is 10.5. The molecule has 7 nitrogen and oxygen atoms in total. The van der Waals surface area contributed by atoms with Crippen LogP contribution in [0.3, 0.4) is 0 Å². The highest BCUT2D eigenvalue weighted by atomic mass is 127. The third-order valence-electron chi connectivity index (χ3n) is 5.23. The van der Waals surface area contributed by atoms with Crippen molar-refractivity contribution in [2.24, 2.45) is 0 Å². The summed E-state index contributed by atoms with van der Waals surface area (Å²) in [6.45, 7) is 2.37. The Balaban J connectivity index is 1.64. The van der Waals surface area contributed by atoms with E-state index >= 15 is 0 Å². The number of urea groups is 1. The smallest absolute Gasteiger partial charge is 0.335 e. The second-order valence-electron chi connectivity index (χ2n) is 7.75. The van der Waals surface area contributed by atoms with Crippen LogP contribution in [-0.2, 0) is 16.2 Å². The normalized spacial score (nSPS) is 14.8. The summed E-state index contributed by atoms with van der Waals surface area (Å²) in [4.78, 5) is 38.9. The third-order valence-corrected chi connectivity index (χ3v) is 6.27. The minimum Gasteiger partial charge on any atom is -0.493 e. The van der Waals surface area contributed by atoms with E-state index in [-0.39, 0.29) is 11.3 Å². The van der Waals surface area contributed by atoms with Crippen LogP contribution in [0, 0.1) is 10.5 Å². The molecule has 35 heavy (non-hydrogen) atoms. The van der Waals surface area contributed by atoms with Crippen molar-refractivity contribution in [1.29, 1.82) is 0 Å². The predicted molar refractivity (Wildman–Crippen MR) is 142 cm³/mol. The summed E-state index contributed by atoms with van der Waals surface area (Å²) in [6, 6.07) is 16.9. The number of barbiturate groups is 1. The first-order chi connectivity index (χ1) is 16.8. The standard InChI is InChI=1S/C26H20ClIN2O5/c1-15-6-8-16(9-7-15)14-35-23-21(28)11-17(12-22(23)34-2)10-20-24(31)29-26(33)30(25(20)32)19-5-3-4-18(27)13-19/h3-13H,14H2,1-2H3,(H,29,31,33)/b20-10+. The monoisotopic (exact) mass is 602 g/mol. The lowest BCUT2D eigenvalue weighted by atomic mass is 10.1. The molecule has 178 valence electrons. The Morgan fingerprint density at radius 3 is 2.49 bits per heavy atom. The topological polar surface area (TPSA) is 84.9 Å². The van der Waals surface area contributed by atoms with E-state index in [0.717, 1.165) is 19.6 Å². The van der Waals surface area contributed by atoms with Crippen molar-refractivity contribution in [1.82, 2.24) is 5.32 Å². The maximum absolute atomic E-state index is 13.1. The van der Waals surface area contributed by atoms with E-state index in [9.17, 15) is 14.4 Å². The molecule has 1 fully saturated rings. The van der Waals surface area contributed by atoms with E-state index in [0.29, 0.717) is 28.7 Å². The van der Waals surface area contributed by atoms with E-state index in [2.05, 4.69) is 27.9 Å². The second-order valence-corrected chi connectivity index (χ2v) is 9.34. The molecule has 0 spiro atoms. The molecule has 3 aromatic rings. The Morgan fingerprint density at radius 1 is 1.06 bits per heavy atom. The zero-order valence-electron chi connectivity index (χ0n) is 18.8. The number of hydrogen-bond acceptors (Lipinski definition) is 5. The zero-order chi connectivity index (χ0) is 25.1. The first kappa shape index (κ1) is 24.7. The molecular weight excluding hydrogens is 583 g/mol. The molecule has 9 heteroatoms. The number of carbonyl (C=O) groups excluding carboxylic acids is 3.